The first-order chi connectivity index (χ1) is 16.6. The monoisotopic (exact) mass is 455 g/mol. The Hall–Kier alpha value is -3.77. The van der Waals surface area contributed by atoms with Gasteiger partial charge in [-0.25, -0.2) is 14.4 Å². The highest BCUT2D eigenvalue weighted by molar-refractivity contribution is 6.09. The first-order valence-corrected chi connectivity index (χ1v) is 11.4. The SMILES string of the molecule is C=C(C=NCCC)c1cncc(-c2cc(-c3ccccc3F)nc3ncccc23)c1.CCCN. The van der Waals surface area contributed by atoms with Gasteiger partial charge in [0.25, 0.3) is 0 Å². The number of nitrogens with zero attached hydrogens (tertiary/aromatic N) is 4. The summed E-state index contributed by atoms with van der Waals surface area (Å²) in [5.41, 5.74) is 10.0. The van der Waals surface area contributed by atoms with Gasteiger partial charge in [0.2, 0.25) is 0 Å². The van der Waals surface area contributed by atoms with E-state index in [0.717, 1.165) is 53.6 Å². The third-order valence-corrected chi connectivity index (χ3v) is 5.04. The van der Waals surface area contributed by atoms with Gasteiger partial charge in [0.1, 0.15) is 5.82 Å². The van der Waals surface area contributed by atoms with Gasteiger partial charge in [0, 0.05) is 53.4 Å². The zero-order valence-electron chi connectivity index (χ0n) is 19.7. The Bertz CT molecular complexity index is 1280. The van der Waals surface area contributed by atoms with E-state index in [2.05, 4.69) is 40.4 Å². The summed E-state index contributed by atoms with van der Waals surface area (Å²) in [4.78, 5) is 17.8. The van der Waals surface area contributed by atoms with E-state index in [9.17, 15) is 4.39 Å². The molecule has 174 valence electrons. The van der Waals surface area contributed by atoms with Crippen molar-refractivity contribution in [2.75, 3.05) is 13.1 Å². The van der Waals surface area contributed by atoms with Crippen molar-refractivity contribution in [3.63, 3.8) is 0 Å². The second-order valence-electron chi connectivity index (χ2n) is 7.72. The third kappa shape index (κ3) is 6.17. The molecule has 5 nitrogen and oxygen atoms in total. The third-order valence-electron chi connectivity index (χ3n) is 5.04. The van der Waals surface area contributed by atoms with Gasteiger partial charge in [-0.1, -0.05) is 32.6 Å². The average molecular weight is 456 g/mol. The molecule has 0 atom stereocenters. The number of halogens is 1. The molecule has 0 amide bonds. The number of benzene rings is 1. The van der Waals surface area contributed by atoms with Crippen LogP contribution in [0.25, 0.3) is 39.0 Å². The minimum atomic E-state index is -0.321. The van der Waals surface area contributed by atoms with Crippen LogP contribution in [0.15, 0.2) is 78.7 Å². The summed E-state index contributed by atoms with van der Waals surface area (Å²) < 4.78 is 14.4. The van der Waals surface area contributed by atoms with Gasteiger partial charge in [0.15, 0.2) is 5.65 Å². The Kier molecular flexibility index (Phi) is 9.12. The molecule has 2 N–H and O–H groups in total. The van der Waals surface area contributed by atoms with Crippen molar-refractivity contribution >= 4 is 22.8 Å². The Morgan fingerprint density at radius 3 is 2.59 bits per heavy atom. The van der Waals surface area contributed by atoms with Gasteiger partial charge in [-0.3, -0.25) is 9.98 Å². The summed E-state index contributed by atoms with van der Waals surface area (Å²) in [5, 5.41) is 0.877. The molecule has 1 aromatic carbocycles. The van der Waals surface area contributed by atoms with Crippen LogP contribution in [0.2, 0.25) is 0 Å². The van der Waals surface area contributed by atoms with Crippen LogP contribution >= 0.6 is 0 Å². The molecule has 0 aliphatic rings. The van der Waals surface area contributed by atoms with Crippen molar-refractivity contribution < 1.29 is 4.39 Å². The van der Waals surface area contributed by atoms with E-state index in [1.54, 1.807) is 43.0 Å². The van der Waals surface area contributed by atoms with Gasteiger partial charge in [0.05, 0.1) is 5.69 Å². The molecule has 6 heteroatoms. The number of hydrogen-bond acceptors (Lipinski definition) is 5. The number of hydrogen-bond donors (Lipinski definition) is 1. The molecule has 34 heavy (non-hydrogen) atoms. The highest BCUT2D eigenvalue weighted by atomic mass is 19.1. The summed E-state index contributed by atoms with van der Waals surface area (Å²) in [7, 11) is 0. The van der Waals surface area contributed by atoms with Gasteiger partial charge < -0.3 is 5.73 Å². The zero-order valence-corrected chi connectivity index (χ0v) is 19.7. The molecule has 0 bridgehead atoms. The zero-order chi connectivity index (χ0) is 24.3. The van der Waals surface area contributed by atoms with E-state index >= 15 is 0 Å². The van der Waals surface area contributed by atoms with Crippen LogP contribution in [0.5, 0.6) is 0 Å². The number of aliphatic imine (C=N–C) groups is 1. The lowest BCUT2D eigenvalue weighted by Crippen LogP contribution is -1.95. The molecule has 0 radical (unpaired) electrons. The van der Waals surface area contributed by atoms with Crippen molar-refractivity contribution in [2.45, 2.75) is 26.7 Å². The molecule has 3 aromatic heterocycles. The molecule has 0 aliphatic carbocycles. The number of allylic oxidation sites excluding steroid dienone is 1. The van der Waals surface area contributed by atoms with E-state index in [1.165, 1.54) is 6.07 Å². The van der Waals surface area contributed by atoms with Crippen LogP contribution in [0, 0.1) is 5.82 Å². The molecule has 0 spiro atoms. The van der Waals surface area contributed by atoms with Crippen LogP contribution in [0.1, 0.15) is 32.3 Å². The van der Waals surface area contributed by atoms with E-state index < -0.39 is 0 Å². The van der Waals surface area contributed by atoms with Crippen LogP contribution < -0.4 is 5.73 Å². The maximum atomic E-state index is 14.4. The average Bonchev–Trinajstić information content (AvgIpc) is 2.88. The number of aromatic nitrogens is 3. The molecule has 4 aromatic rings. The molecule has 0 saturated carbocycles. The van der Waals surface area contributed by atoms with E-state index in [4.69, 9.17) is 5.73 Å². The van der Waals surface area contributed by atoms with Crippen molar-refractivity contribution in [2.24, 2.45) is 10.7 Å². The van der Waals surface area contributed by atoms with Crippen LogP contribution in [0.4, 0.5) is 4.39 Å². The van der Waals surface area contributed by atoms with Gasteiger partial charge in [-0.15, -0.1) is 0 Å². The van der Waals surface area contributed by atoms with Crippen LogP contribution in [0.3, 0.4) is 0 Å². The first-order valence-electron chi connectivity index (χ1n) is 11.4. The Morgan fingerprint density at radius 1 is 1.06 bits per heavy atom. The molecule has 0 unspecified atom stereocenters. The fourth-order valence-corrected chi connectivity index (χ4v) is 3.24. The minimum Gasteiger partial charge on any atom is -0.330 e. The Morgan fingerprint density at radius 2 is 1.85 bits per heavy atom. The van der Waals surface area contributed by atoms with Gasteiger partial charge in [-0.2, -0.15) is 0 Å². The van der Waals surface area contributed by atoms with Gasteiger partial charge >= 0.3 is 0 Å². The van der Waals surface area contributed by atoms with E-state index in [-0.39, 0.29) is 5.82 Å². The standard InChI is InChI=1S/C25H21FN4.C3H9N/c1-3-10-27-14-17(2)18-12-19(16-28-15-18)22-13-24(21-7-4-5-9-23(21)26)30-25-20(22)8-6-11-29-25;1-2-3-4/h4-9,11-16H,2-3,10H2,1H3;2-4H2,1H3. The quantitative estimate of drug-likeness (QED) is 0.330. The lowest BCUT2D eigenvalue weighted by atomic mass is 9.98. The fraction of sp³-hybridized carbons (Fsp3) is 0.214. The van der Waals surface area contributed by atoms with Crippen molar-refractivity contribution in [3.8, 4) is 22.4 Å². The number of rotatable bonds is 7. The summed E-state index contributed by atoms with van der Waals surface area (Å²) >= 11 is 0. The van der Waals surface area contributed by atoms with Crippen LogP contribution in [-0.4, -0.2) is 34.3 Å². The second-order valence-corrected chi connectivity index (χ2v) is 7.72. The summed E-state index contributed by atoms with van der Waals surface area (Å²) in [6.45, 7) is 9.83. The van der Waals surface area contributed by atoms with E-state index in [1.807, 2.05) is 24.3 Å². The minimum absolute atomic E-state index is 0.321. The summed E-state index contributed by atoms with van der Waals surface area (Å²) in [6, 6.07) is 14.3. The number of pyridine rings is 3. The first kappa shape index (κ1) is 24.9. The fourth-order valence-electron chi connectivity index (χ4n) is 3.24. The predicted molar refractivity (Wildman–Crippen MR) is 140 cm³/mol. The highest BCUT2D eigenvalue weighted by Gasteiger charge is 2.13. The lowest BCUT2D eigenvalue weighted by molar-refractivity contribution is 0.631. The number of nitrogens with two attached hydrogens (primary N) is 1. The lowest BCUT2D eigenvalue weighted by Gasteiger charge is -2.11. The van der Waals surface area contributed by atoms with Crippen molar-refractivity contribution in [1.29, 1.82) is 0 Å². The molecule has 0 aliphatic heterocycles. The van der Waals surface area contributed by atoms with Crippen molar-refractivity contribution in [1.82, 2.24) is 15.0 Å². The van der Waals surface area contributed by atoms with Crippen molar-refractivity contribution in [3.05, 3.63) is 85.1 Å². The molecule has 3 heterocycles. The molecular formula is C28H30FN5. The van der Waals surface area contributed by atoms with Crippen LogP contribution in [-0.2, 0) is 0 Å². The number of fused-ring (bicyclic) bond motifs is 1. The predicted octanol–water partition coefficient (Wildman–Crippen LogP) is 6.35. The second kappa shape index (κ2) is 12.5. The topological polar surface area (TPSA) is 77.0 Å². The normalized spacial score (nSPS) is 10.8. The van der Waals surface area contributed by atoms with Gasteiger partial charge in [-0.05, 0) is 66.9 Å². The van der Waals surface area contributed by atoms with E-state index in [0.29, 0.717) is 16.9 Å². The molecule has 0 saturated heterocycles. The maximum absolute atomic E-state index is 14.4. The molecular weight excluding hydrogens is 425 g/mol. The molecule has 4 rings (SSSR count). The summed E-state index contributed by atoms with van der Waals surface area (Å²) in [5.74, 6) is -0.321. The largest absolute Gasteiger partial charge is 0.330 e. The summed E-state index contributed by atoms with van der Waals surface area (Å²) in [6.07, 6.45) is 9.10. The Balaban J connectivity index is 0.000000751. The maximum Gasteiger partial charge on any atom is 0.160 e. The smallest absolute Gasteiger partial charge is 0.160 e. The highest BCUT2D eigenvalue weighted by Crippen LogP contribution is 2.32. The molecule has 0 fully saturated rings. The Labute approximate surface area is 200 Å².